The quantitative estimate of drug-likeness (QED) is 0.535. The largest absolute Gasteiger partial charge is 0.531 e. The van der Waals surface area contributed by atoms with Gasteiger partial charge in [-0.05, 0) is 5.70 Å². The Bertz CT molecular complexity index is 401. The van der Waals surface area contributed by atoms with E-state index in [1.165, 1.54) is 0 Å². The SMILES string of the molecule is C=C[Si](OCC#CCC)(OCC#CCC)OCC#CCC. The first-order chi connectivity index (χ1) is 10.2. The third kappa shape index (κ3) is 9.96. The minimum absolute atomic E-state index is 0.258. The molecule has 114 valence electrons. The summed E-state index contributed by atoms with van der Waals surface area (Å²) in [5.41, 5.74) is 1.60. The first kappa shape index (κ1) is 19.5. The second-order valence-corrected chi connectivity index (χ2v) is 6.28. The first-order valence-corrected chi connectivity index (χ1v) is 8.97. The third-order valence-corrected chi connectivity index (χ3v) is 4.33. The van der Waals surface area contributed by atoms with Crippen LogP contribution in [-0.2, 0) is 13.3 Å². The monoisotopic (exact) mass is 304 g/mol. The van der Waals surface area contributed by atoms with Crippen molar-refractivity contribution in [3.8, 4) is 35.5 Å². The second-order valence-electron chi connectivity index (χ2n) is 3.80. The first-order valence-electron chi connectivity index (χ1n) is 7.17. The van der Waals surface area contributed by atoms with Crippen LogP contribution >= 0.6 is 0 Å². The van der Waals surface area contributed by atoms with E-state index in [2.05, 4.69) is 42.1 Å². The Labute approximate surface area is 130 Å². The Morgan fingerprint density at radius 1 is 0.714 bits per heavy atom. The zero-order valence-corrected chi connectivity index (χ0v) is 14.3. The van der Waals surface area contributed by atoms with Gasteiger partial charge in [0.1, 0.15) is 19.8 Å². The Kier molecular flexibility index (Phi) is 12.5. The van der Waals surface area contributed by atoms with Crippen LogP contribution < -0.4 is 0 Å². The topological polar surface area (TPSA) is 27.7 Å². The highest BCUT2D eigenvalue weighted by Gasteiger charge is 2.37. The molecular formula is C17H24O3Si. The summed E-state index contributed by atoms with van der Waals surface area (Å²) in [5.74, 6) is 17.6. The van der Waals surface area contributed by atoms with E-state index in [1.807, 2.05) is 20.8 Å². The molecule has 0 fully saturated rings. The fourth-order valence-corrected chi connectivity index (χ4v) is 2.66. The molecule has 21 heavy (non-hydrogen) atoms. The maximum Gasteiger partial charge on any atom is 0.531 e. The molecule has 0 unspecified atom stereocenters. The van der Waals surface area contributed by atoms with Crippen LogP contribution in [0.5, 0.6) is 0 Å². The predicted octanol–water partition coefficient (Wildman–Crippen LogP) is 2.94. The Morgan fingerprint density at radius 2 is 1.05 bits per heavy atom. The van der Waals surface area contributed by atoms with Gasteiger partial charge in [-0.3, -0.25) is 0 Å². The molecule has 0 saturated heterocycles. The highest BCUT2D eigenvalue weighted by atomic mass is 28.4. The summed E-state index contributed by atoms with van der Waals surface area (Å²) in [7, 11) is -2.96. The van der Waals surface area contributed by atoms with Gasteiger partial charge in [0.15, 0.2) is 0 Å². The zero-order valence-electron chi connectivity index (χ0n) is 13.3. The highest BCUT2D eigenvalue weighted by molar-refractivity contribution is 6.66. The van der Waals surface area contributed by atoms with E-state index in [0.29, 0.717) is 0 Å². The molecule has 3 nitrogen and oxygen atoms in total. The summed E-state index contributed by atoms with van der Waals surface area (Å²) in [4.78, 5) is 0. The maximum absolute atomic E-state index is 5.71. The van der Waals surface area contributed by atoms with Crippen molar-refractivity contribution >= 4 is 8.80 Å². The average molecular weight is 304 g/mol. The minimum Gasteiger partial charge on any atom is -0.359 e. The van der Waals surface area contributed by atoms with Gasteiger partial charge in [-0.2, -0.15) is 0 Å². The van der Waals surface area contributed by atoms with E-state index in [-0.39, 0.29) is 19.8 Å². The van der Waals surface area contributed by atoms with Crippen LogP contribution in [0.15, 0.2) is 12.3 Å². The lowest BCUT2D eigenvalue weighted by Gasteiger charge is -2.23. The maximum atomic E-state index is 5.71. The summed E-state index contributed by atoms with van der Waals surface area (Å²) < 4.78 is 17.1. The van der Waals surface area contributed by atoms with E-state index in [4.69, 9.17) is 13.3 Å². The van der Waals surface area contributed by atoms with E-state index < -0.39 is 8.80 Å². The molecule has 0 aromatic heterocycles. The fraction of sp³-hybridized carbons (Fsp3) is 0.529. The third-order valence-electron chi connectivity index (χ3n) is 2.19. The molecule has 0 rings (SSSR count). The molecule has 0 aliphatic rings. The molecule has 0 aliphatic carbocycles. The standard InChI is InChI=1S/C17H24O3Si/c1-5-9-12-15-18-21(8-4,19-16-13-10-6-2)20-17-14-11-7-3/h8H,4-7,15-17H2,1-3H3. The Morgan fingerprint density at radius 3 is 1.29 bits per heavy atom. The van der Waals surface area contributed by atoms with Gasteiger partial charge < -0.3 is 13.3 Å². The Hall–Kier alpha value is -1.48. The van der Waals surface area contributed by atoms with Gasteiger partial charge in [-0.1, -0.05) is 45.1 Å². The lowest BCUT2D eigenvalue weighted by molar-refractivity contribution is 0.104. The minimum atomic E-state index is -2.96. The van der Waals surface area contributed by atoms with Gasteiger partial charge in [-0.15, -0.1) is 17.8 Å². The summed E-state index contributed by atoms with van der Waals surface area (Å²) >= 11 is 0. The molecule has 0 bridgehead atoms. The van der Waals surface area contributed by atoms with Crippen LogP contribution in [-0.4, -0.2) is 28.6 Å². The molecule has 4 heteroatoms. The van der Waals surface area contributed by atoms with Crippen molar-refractivity contribution in [1.29, 1.82) is 0 Å². The molecule has 0 atom stereocenters. The van der Waals surface area contributed by atoms with Gasteiger partial charge in [0.05, 0.1) is 0 Å². The highest BCUT2D eigenvalue weighted by Crippen LogP contribution is 2.10. The van der Waals surface area contributed by atoms with Gasteiger partial charge >= 0.3 is 8.80 Å². The summed E-state index contributed by atoms with van der Waals surface area (Å²) in [6, 6.07) is 0. The summed E-state index contributed by atoms with van der Waals surface area (Å²) in [6.07, 6.45) is 2.37. The smallest absolute Gasteiger partial charge is 0.359 e. The van der Waals surface area contributed by atoms with E-state index in [1.54, 1.807) is 5.70 Å². The van der Waals surface area contributed by atoms with E-state index in [0.717, 1.165) is 19.3 Å². The lowest BCUT2D eigenvalue weighted by Crippen LogP contribution is -2.44. The molecule has 0 heterocycles. The molecule has 0 amide bonds. The van der Waals surface area contributed by atoms with Gasteiger partial charge in [-0.25, -0.2) is 0 Å². The molecular weight excluding hydrogens is 280 g/mol. The van der Waals surface area contributed by atoms with Crippen LogP contribution in [0.3, 0.4) is 0 Å². The normalized spacial score (nSPS) is 9.48. The van der Waals surface area contributed by atoms with Crippen molar-refractivity contribution in [1.82, 2.24) is 0 Å². The van der Waals surface area contributed by atoms with Crippen molar-refractivity contribution in [2.75, 3.05) is 19.8 Å². The Balaban J connectivity index is 4.68. The molecule has 0 N–H and O–H groups in total. The van der Waals surface area contributed by atoms with Crippen LogP contribution in [0.1, 0.15) is 40.0 Å². The van der Waals surface area contributed by atoms with Crippen molar-refractivity contribution in [3.63, 3.8) is 0 Å². The lowest BCUT2D eigenvalue weighted by atomic mass is 10.5. The summed E-state index contributed by atoms with van der Waals surface area (Å²) in [5, 5.41) is 0. The molecule has 0 aromatic carbocycles. The van der Waals surface area contributed by atoms with Crippen molar-refractivity contribution in [3.05, 3.63) is 12.3 Å². The van der Waals surface area contributed by atoms with Gasteiger partial charge in [0.25, 0.3) is 0 Å². The predicted molar refractivity (Wildman–Crippen MR) is 88.0 cm³/mol. The number of hydrogen-bond donors (Lipinski definition) is 0. The van der Waals surface area contributed by atoms with Crippen molar-refractivity contribution < 1.29 is 13.3 Å². The van der Waals surface area contributed by atoms with Crippen LogP contribution in [0.4, 0.5) is 0 Å². The molecule has 0 saturated carbocycles. The number of rotatable bonds is 7. The summed E-state index contributed by atoms with van der Waals surface area (Å²) in [6.45, 7) is 10.5. The van der Waals surface area contributed by atoms with Crippen LogP contribution in [0, 0.1) is 35.5 Å². The van der Waals surface area contributed by atoms with Crippen LogP contribution in [0.2, 0.25) is 0 Å². The van der Waals surface area contributed by atoms with Crippen LogP contribution in [0.25, 0.3) is 0 Å². The van der Waals surface area contributed by atoms with Crippen molar-refractivity contribution in [2.24, 2.45) is 0 Å². The molecule has 0 spiro atoms. The number of hydrogen-bond acceptors (Lipinski definition) is 3. The van der Waals surface area contributed by atoms with E-state index in [9.17, 15) is 0 Å². The molecule has 0 aliphatic heterocycles. The van der Waals surface area contributed by atoms with Crippen molar-refractivity contribution in [2.45, 2.75) is 40.0 Å². The molecule has 0 radical (unpaired) electrons. The van der Waals surface area contributed by atoms with E-state index >= 15 is 0 Å². The fourth-order valence-electron chi connectivity index (χ4n) is 1.24. The van der Waals surface area contributed by atoms with Gasteiger partial charge in [0, 0.05) is 19.3 Å². The second kappa shape index (κ2) is 13.5. The van der Waals surface area contributed by atoms with Gasteiger partial charge in [0.2, 0.25) is 0 Å². The molecule has 0 aromatic rings. The average Bonchev–Trinajstić information content (AvgIpc) is 2.51. The zero-order chi connectivity index (χ0) is 15.8.